The number of nitrogens with one attached hydrogen (secondary N) is 2. The van der Waals surface area contributed by atoms with Crippen molar-refractivity contribution < 1.29 is 22.5 Å². The first kappa shape index (κ1) is 23.5. The minimum Gasteiger partial charge on any atom is -0.319 e. The van der Waals surface area contributed by atoms with Gasteiger partial charge >= 0.3 is 0 Å². The van der Waals surface area contributed by atoms with E-state index >= 15 is 0 Å². The second-order valence-electron chi connectivity index (χ2n) is 7.27. The number of rotatable bonds is 7. The average molecular weight is 496 g/mol. The summed E-state index contributed by atoms with van der Waals surface area (Å²) >= 11 is 0. The third-order valence-electron chi connectivity index (χ3n) is 4.94. The van der Waals surface area contributed by atoms with E-state index in [0.717, 1.165) is 24.3 Å². The van der Waals surface area contributed by atoms with Gasteiger partial charge in [-0.1, -0.05) is 23.4 Å². The molecule has 0 saturated heterocycles. The van der Waals surface area contributed by atoms with Crippen LogP contribution in [0.1, 0.15) is 16.2 Å². The van der Waals surface area contributed by atoms with Crippen LogP contribution in [0, 0.1) is 22.9 Å². The summed E-state index contributed by atoms with van der Waals surface area (Å²) < 4.78 is 42.2. The number of carbonyl (C=O) groups excluding carboxylic acids is 1. The van der Waals surface area contributed by atoms with Gasteiger partial charge < -0.3 is 5.32 Å². The Labute approximate surface area is 198 Å². The Morgan fingerprint density at radius 1 is 1.03 bits per heavy atom. The van der Waals surface area contributed by atoms with E-state index in [-0.39, 0.29) is 27.7 Å². The van der Waals surface area contributed by atoms with Gasteiger partial charge in [0, 0.05) is 12.1 Å². The minimum atomic E-state index is -4.06. The monoisotopic (exact) mass is 496 g/mol. The van der Waals surface area contributed by atoms with Gasteiger partial charge in [0.2, 0.25) is 0 Å². The number of benzene rings is 3. The number of nitrogens with zero attached hydrogens (tertiary/aromatic N) is 4. The van der Waals surface area contributed by atoms with Gasteiger partial charge in [0.1, 0.15) is 5.82 Å². The highest BCUT2D eigenvalue weighted by molar-refractivity contribution is 7.92. The fourth-order valence-corrected chi connectivity index (χ4v) is 4.28. The molecule has 0 aliphatic carbocycles. The van der Waals surface area contributed by atoms with Gasteiger partial charge in [0.15, 0.2) is 5.69 Å². The van der Waals surface area contributed by atoms with Gasteiger partial charge in [-0.2, -0.15) is 0 Å². The molecule has 3 aromatic carbocycles. The van der Waals surface area contributed by atoms with Crippen molar-refractivity contribution in [1.82, 2.24) is 15.0 Å². The first-order valence-corrected chi connectivity index (χ1v) is 11.5. The highest BCUT2D eigenvalue weighted by Crippen LogP contribution is 2.26. The molecule has 4 aromatic rings. The van der Waals surface area contributed by atoms with Crippen LogP contribution in [-0.4, -0.2) is 34.2 Å². The standard InChI is InChI=1S/C22H17FN6O5S/c1-14-21(25-27-28(14)16-5-4-6-17(13-16)29(31)32)22(30)24-19-7-2-3-8-20(19)26-35(33,34)18-11-9-15(23)10-12-18/h2-13,26H,1H3,(H,24,30). The smallest absolute Gasteiger partial charge is 0.278 e. The third kappa shape index (κ3) is 4.99. The van der Waals surface area contributed by atoms with Gasteiger partial charge in [0.25, 0.3) is 21.6 Å². The second-order valence-corrected chi connectivity index (χ2v) is 8.95. The number of non-ortho nitro benzene ring substituents is 1. The lowest BCUT2D eigenvalue weighted by molar-refractivity contribution is -0.384. The molecule has 0 atom stereocenters. The number of carbonyl (C=O) groups is 1. The minimum absolute atomic E-state index is 0.0623. The molecule has 0 unspecified atom stereocenters. The van der Waals surface area contributed by atoms with Crippen molar-refractivity contribution in [2.75, 3.05) is 10.0 Å². The predicted molar refractivity (Wildman–Crippen MR) is 124 cm³/mol. The van der Waals surface area contributed by atoms with E-state index in [1.54, 1.807) is 25.1 Å². The Hall–Kier alpha value is -4.65. The first-order valence-electron chi connectivity index (χ1n) is 10.0. The summed E-state index contributed by atoms with van der Waals surface area (Å²) in [5.41, 5.74) is 0.669. The van der Waals surface area contributed by atoms with Gasteiger partial charge in [-0.3, -0.25) is 19.6 Å². The molecule has 0 bridgehead atoms. The number of hydrogen-bond acceptors (Lipinski definition) is 7. The highest BCUT2D eigenvalue weighted by atomic mass is 32.2. The Kier molecular flexibility index (Phi) is 6.25. The number of para-hydroxylation sites is 2. The van der Waals surface area contributed by atoms with Crippen LogP contribution < -0.4 is 10.0 Å². The Morgan fingerprint density at radius 3 is 2.40 bits per heavy atom. The molecule has 13 heteroatoms. The first-order chi connectivity index (χ1) is 16.7. The molecule has 178 valence electrons. The molecule has 0 radical (unpaired) electrons. The SMILES string of the molecule is Cc1c(C(=O)Nc2ccccc2NS(=O)(=O)c2ccc(F)cc2)nnn1-c1cccc([N+](=O)[O-])c1. The summed E-state index contributed by atoms with van der Waals surface area (Å²) in [6.07, 6.45) is 0. The van der Waals surface area contributed by atoms with Crippen LogP contribution in [0.4, 0.5) is 21.5 Å². The van der Waals surface area contributed by atoms with E-state index in [0.29, 0.717) is 11.4 Å². The van der Waals surface area contributed by atoms with Crippen LogP contribution in [0.15, 0.2) is 77.7 Å². The molecule has 0 aliphatic heterocycles. The molecule has 1 aromatic heterocycles. The van der Waals surface area contributed by atoms with E-state index in [1.807, 2.05) is 0 Å². The van der Waals surface area contributed by atoms with E-state index in [2.05, 4.69) is 20.4 Å². The lowest BCUT2D eigenvalue weighted by atomic mass is 10.2. The number of anilines is 2. The summed E-state index contributed by atoms with van der Waals surface area (Å²) in [5.74, 6) is -1.25. The second kappa shape index (κ2) is 9.30. The Bertz CT molecular complexity index is 1540. The molecule has 1 amide bonds. The van der Waals surface area contributed by atoms with E-state index in [1.165, 1.54) is 35.0 Å². The predicted octanol–water partition coefficient (Wildman–Crippen LogP) is 3.68. The van der Waals surface area contributed by atoms with E-state index in [9.17, 15) is 27.7 Å². The van der Waals surface area contributed by atoms with Crippen molar-refractivity contribution >= 4 is 33.0 Å². The van der Waals surface area contributed by atoms with Crippen LogP contribution >= 0.6 is 0 Å². The summed E-state index contributed by atoms with van der Waals surface area (Å²) in [7, 11) is -4.06. The van der Waals surface area contributed by atoms with Crippen molar-refractivity contribution in [3.05, 3.63) is 100 Å². The number of hydrogen-bond donors (Lipinski definition) is 2. The number of amides is 1. The van der Waals surface area contributed by atoms with E-state index in [4.69, 9.17) is 0 Å². The average Bonchev–Trinajstić information content (AvgIpc) is 3.22. The third-order valence-corrected chi connectivity index (χ3v) is 6.32. The largest absolute Gasteiger partial charge is 0.319 e. The number of nitro benzene ring substituents is 1. The molecule has 0 aliphatic rings. The van der Waals surface area contributed by atoms with Crippen LogP contribution in [0.3, 0.4) is 0 Å². The van der Waals surface area contributed by atoms with Crippen LogP contribution in [-0.2, 0) is 10.0 Å². The van der Waals surface area contributed by atoms with Crippen LogP contribution in [0.5, 0.6) is 0 Å². The summed E-state index contributed by atoms with van der Waals surface area (Å²) in [5, 5.41) is 21.4. The number of nitro groups is 1. The Morgan fingerprint density at radius 2 is 1.71 bits per heavy atom. The summed E-state index contributed by atoms with van der Waals surface area (Å²) in [4.78, 5) is 23.3. The summed E-state index contributed by atoms with van der Waals surface area (Å²) in [6.45, 7) is 1.57. The lowest BCUT2D eigenvalue weighted by Crippen LogP contribution is -2.18. The lowest BCUT2D eigenvalue weighted by Gasteiger charge is -2.13. The van der Waals surface area contributed by atoms with E-state index < -0.39 is 26.7 Å². The molecule has 0 fully saturated rings. The molecule has 1 heterocycles. The molecular formula is C22H17FN6O5S. The maximum absolute atomic E-state index is 13.2. The van der Waals surface area contributed by atoms with Crippen molar-refractivity contribution in [1.29, 1.82) is 0 Å². The maximum Gasteiger partial charge on any atom is 0.278 e. The fourth-order valence-electron chi connectivity index (χ4n) is 3.20. The van der Waals surface area contributed by atoms with Crippen molar-refractivity contribution in [3.8, 4) is 5.69 Å². The quantitative estimate of drug-likeness (QED) is 0.293. The van der Waals surface area contributed by atoms with Gasteiger partial charge in [-0.05, 0) is 49.4 Å². The zero-order valence-corrected chi connectivity index (χ0v) is 18.9. The molecule has 2 N–H and O–H groups in total. The fraction of sp³-hybridized carbons (Fsp3) is 0.0455. The maximum atomic E-state index is 13.2. The number of sulfonamides is 1. The van der Waals surface area contributed by atoms with Crippen molar-refractivity contribution in [2.24, 2.45) is 0 Å². The zero-order valence-electron chi connectivity index (χ0n) is 18.0. The normalized spacial score (nSPS) is 11.1. The molecular weight excluding hydrogens is 479 g/mol. The topological polar surface area (TPSA) is 149 Å². The van der Waals surface area contributed by atoms with Gasteiger partial charge in [-0.15, -0.1) is 5.10 Å². The van der Waals surface area contributed by atoms with Gasteiger partial charge in [0.05, 0.1) is 32.6 Å². The van der Waals surface area contributed by atoms with Crippen LogP contribution in [0.25, 0.3) is 5.69 Å². The molecule has 0 spiro atoms. The number of halogens is 1. The highest BCUT2D eigenvalue weighted by Gasteiger charge is 2.21. The van der Waals surface area contributed by atoms with Crippen LogP contribution in [0.2, 0.25) is 0 Å². The number of aromatic nitrogens is 3. The molecule has 4 rings (SSSR count). The molecule has 0 saturated carbocycles. The zero-order chi connectivity index (χ0) is 25.2. The Balaban J connectivity index is 1.59. The summed E-state index contributed by atoms with van der Waals surface area (Å²) in [6, 6.07) is 16.1. The van der Waals surface area contributed by atoms with Crippen molar-refractivity contribution in [2.45, 2.75) is 11.8 Å². The van der Waals surface area contributed by atoms with Crippen molar-refractivity contribution in [3.63, 3.8) is 0 Å². The molecule has 35 heavy (non-hydrogen) atoms. The van der Waals surface area contributed by atoms with Gasteiger partial charge in [-0.25, -0.2) is 17.5 Å². The molecule has 11 nitrogen and oxygen atoms in total.